The predicted octanol–water partition coefficient (Wildman–Crippen LogP) is 2.68. The van der Waals surface area contributed by atoms with Crippen LogP contribution in [0.25, 0.3) is 0 Å². The number of carbonyl (C=O) groups is 3. The minimum Gasteiger partial charge on any atom is -0.469 e. The predicted molar refractivity (Wildman–Crippen MR) is 101 cm³/mol. The van der Waals surface area contributed by atoms with E-state index in [2.05, 4.69) is 0 Å². The molecular formula is C20H34N2O5. The highest BCUT2D eigenvalue weighted by Gasteiger charge is 2.45. The van der Waals surface area contributed by atoms with E-state index in [1.54, 1.807) is 4.90 Å². The molecule has 1 saturated carbocycles. The van der Waals surface area contributed by atoms with Crippen LogP contribution in [0.15, 0.2) is 0 Å². The summed E-state index contributed by atoms with van der Waals surface area (Å²) in [4.78, 5) is 39.9. The van der Waals surface area contributed by atoms with Crippen LogP contribution in [0.4, 0.5) is 4.79 Å². The number of nitrogens with zero attached hydrogens (tertiary/aromatic N) is 2. The summed E-state index contributed by atoms with van der Waals surface area (Å²) in [7, 11) is 1.41. The molecule has 2 aliphatic rings. The third kappa shape index (κ3) is 6.40. The molecule has 1 saturated heterocycles. The number of carbonyl (C=O) groups excluding carboxylic acids is 3. The lowest BCUT2D eigenvalue weighted by atomic mass is 9.93. The molecule has 27 heavy (non-hydrogen) atoms. The van der Waals surface area contributed by atoms with Gasteiger partial charge in [-0.3, -0.25) is 9.59 Å². The fraction of sp³-hybridized carbons (Fsp3) is 0.850. The Bertz CT molecular complexity index is 549. The molecule has 0 unspecified atom stereocenters. The zero-order valence-electron chi connectivity index (χ0n) is 17.3. The molecule has 0 aromatic heterocycles. The van der Waals surface area contributed by atoms with Gasteiger partial charge in [0.05, 0.1) is 13.0 Å². The van der Waals surface area contributed by atoms with Gasteiger partial charge in [-0.25, -0.2) is 4.79 Å². The largest absolute Gasteiger partial charge is 0.469 e. The van der Waals surface area contributed by atoms with E-state index in [1.807, 2.05) is 32.6 Å². The Balaban J connectivity index is 1.74. The third-order valence-electron chi connectivity index (χ3n) is 5.35. The number of esters is 1. The number of amides is 2. The summed E-state index contributed by atoms with van der Waals surface area (Å²) in [6.45, 7) is 10.1. The molecular weight excluding hydrogens is 348 g/mol. The Hall–Kier alpha value is -1.79. The molecule has 0 aromatic rings. The van der Waals surface area contributed by atoms with E-state index < -0.39 is 5.60 Å². The van der Waals surface area contributed by atoms with Gasteiger partial charge in [0.15, 0.2) is 0 Å². The molecule has 1 aliphatic heterocycles. The minimum absolute atomic E-state index is 0.0473. The second kappa shape index (κ2) is 8.93. The van der Waals surface area contributed by atoms with Crippen LogP contribution in [0, 0.1) is 17.8 Å². The van der Waals surface area contributed by atoms with Crippen LogP contribution in [-0.4, -0.2) is 66.7 Å². The number of rotatable bonds is 6. The summed E-state index contributed by atoms with van der Waals surface area (Å²) in [5, 5.41) is 0. The first-order chi connectivity index (χ1) is 12.6. The SMILES string of the molecule is CCN(C[C@@H]1C[C@H]1C(=O)OC)C(=O)CC1CCN(C(=O)OC(C)(C)C)CC1. The second-order valence-corrected chi connectivity index (χ2v) is 8.67. The van der Waals surface area contributed by atoms with Gasteiger partial charge in [-0.2, -0.15) is 0 Å². The van der Waals surface area contributed by atoms with Gasteiger partial charge in [-0.1, -0.05) is 0 Å². The maximum absolute atomic E-state index is 12.7. The number of likely N-dealkylation sites (tertiary alicyclic amines) is 1. The summed E-state index contributed by atoms with van der Waals surface area (Å²) < 4.78 is 10.2. The van der Waals surface area contributed by atoms with Crippen molar-refractivity contribution in [2.45, 2.75) is 59.0 Å². The van der Waals surface area contributed by atoms with Crippen LogP contribution in [-0.2, 0) is 19.1 Å². The number of piperidine rings is 1. The van der Waals surface area contributed by atoms with Crippen LogP contribution in [0.2, 0.25) is 0 Å². The Morgan fingerprint density at radius 1 is 1.15 bits per heavy atom. The van der Waals surface area contributed by atoms with Crippen molar-refractivity contribution in [1.29, 1.82) is 0 Å². The van der Waals surface area contributed by atoms with Crippen molar-refractivity contribution in [3.05, 3.63) is 0 Å². The van der Waals surface area contributed by atoms with Crippen molar-refractivity contribution >= 4 is 18.0 Å². The molecule has 0 N–H and O–H groups in total. The fourth-order valence-corrected chi connectivity index (χ4v) is 3.60. The van der Waals surface area contributed by atoms with Crippen molar-refractivity contribution in [1.82, 2.24) is 9.80 Å². The van der Waals surface area contributed by atoms with Gasteiger partial charge >= 0.3 is 12.1 Å². The van der Waals surface area contributed by atoms with E-state index in [0.29, 0.717) is 38.5 Å². The molecule has 154 valence electrons. The Morgan fingerprint density at radius 2 is 1.78 bits per heavy atom. The third-order valence-corrected chi connectivity index (χ3v) is 5.35. The summed E-state index contributed by atoms with van der Waals surface area (Å²) in [5.41, 5.74) is -0.490. The smallest absolute Gasteiger partial charge is 0.410 e. The van der Waals surface area contributed by atoms with Crippen molar-refractivity contribution in [3.8, 4) is 0 Å². The minimum atomic E-state index is -0.490. The molecule has 2 amide bonds. The monoisotopic (exact) mass is 382 g/mol. The molecule has 0 aromatic carbocycles. The van der Waals surface area contributed by atoms with Gasteiger partial charge in [-0.05, 0) is 58.8 Å². The molecule has 2 rings (SSSR count). The normalized spacial score (nSPS) is 22.9. The van der Waals surface area contributed by atoms with Crippen molar-refractivity contribution < 1.29 is 23.9 Å². The molecule has 2 fully saturated rings. The standard InChI is InChI=1S/C20H34N2O5/c1-6-21(13-15-12-16(15)18(24)26-5)17(23)11-14-7-9-22(10-8-14)19(25)27-20(2,3)4/h14-16H,6-13H2,1-5H3/t15-,16+/m0/s1. The lowest BCUT2D eigenvalue weighted by Gasteiger charge is -2.34. The van der Waals surface area contributed by atoms with Gasteiger partial charge in [-0.15, -0.1) is 0 Å². The van der Waals surface area contributed by atoms with E-state index in [1.165, 1.54) is 7.11 Å². The number of methoxy groups -OCH3 is 1. The number of hydrogen-bond acceptors (Lipinski definition) is 5. The van der Waals surface area contributed by atoms with E-state index in [4.69, 9.17) is 9.47 Å². The first kappa shape index (κ1) is 21.5. The topological polar surface area (TPSA) is 76.2 Å². The van der Waals surface area contributed by atoms with E-state index in [0.717, 1.165) is 19.3 Å². The van der Waals surface area contributed by atoms with Crippen molar-refractivity contribution in [2.75, 3.05) is 33.3 Å². The average molecular weight is 383 g/mol. The van der Waals surface area contributed by atoms with E-state index in [-0.39, 0.29) is 29.8 Å². The first-order valence-electron chi connectivity index (χ1n) is 9.98. The highest BCUT2D eigenvalue weighted by molar-refractivity contribution is 5.78. The summed E-state index contributed by atoms with van der Waals surface area (Å²) in [6.07, 6.45) is 2.68. The molecule has 7 heteroatoms. The highest BCUT2D eigenvalue weighted by atomic mass is 16.6. The summed E-state index contributed by atoms with van der Waals surface area (Å²) in [5.74, 6) is 0.451. The molecule has 7 nitrogen and oxygen atoms in total. The molecule has 0 bridgehead atoms. The van der Waals surface area contributed by atoms with Crippen molar-refractivity contribution in [3.63, 3.8) is 0 Å². The summed E-state index contributed by atoms with van der Waals surface area (Å²) >= 11 is 0. The van der Waals surface area contributed by atoms with Crippen LogP contribution in [0.3, 0.4) is 0 Å². The van der Waals surface area contributed by atoms with Crippen LogP contribution < -0.4 is 0 Å². The van der Waals surface area contributed by atoms with E-state index in [9.17, 15) is 14.4 Å². The van der Waals surface area contributed by atoms with Gasteiger partial charge in [0.1, 0.15) is 5.60 Å². The van der Waals surface area contributed by atoms with Gasteiger partial charge in [0, 0.05) is 32.6 Å². The quantitative estimate of drug-likeness (QED) is 0.660. The zero-order chi connectivity index (χ0) is 20.2. The number of ether oxygens (including phenoxy) is 2. The lowest BCUT2D eigenvalue weighted by molar-refractivity contribution is -0.143. The molecule has 1 aliphatic carbocycles. The molecule has 0 spiro atoms. The maximum atomic E-state index is 12.7. The fourth-order valence-electron chi connectivity index (χ4n) is 3.60. The zero-order valence-corrected chi connectivity index (χ0v) is 17.3. The Kier molecular flexibility index (Phi) is 7.12. The van der Waals surface area contributed by atoms with Crippen molar-refractivity contribution in [2.24, 2.45) is 17.8 Å². The average Bonchev–Trinajstić information content (AvgIpc) is 3.37. The van der Waals surface area contributed by atoms with Gasteiger partial charge < -0.3 is 19.3 Å². The highest BCUT2D eigenvalue weighted by Crippen LogP contribution is 2.40. The van der Waals surface area contributed by atoms with Crippen LogP contribution in [0.1, 0.15) is 53.4 Å². The summed E-state index contributed by atoms with van der Waals surface area (Å²) in [6, 6.07) is 0. The second-order valence-electron chi connectivity index (χ2n) is 8.67. The molecule has 0 radical (unpaired) electrons. The van der Waals surface area contributed by atoms with E-state index >= 15 is 0 Å². The lowest BCUT2D eigenvalue weighted by Crippen LogP contribution is -2.43. The maximum Gasteiger partial charge on any atom is 0.410 e. The molecule has 1 heterocycles. The Labute approximate surface area is 162 Å². The van der Waals surface area contributed by atoms with Crippen LogP contribution in [0.5, 0.6) is 0 Å². The molecule has 2 atom stereocenters. The Morgan fingerprint density at radius 3 is 2.30 bits per heavy atom. The first-order valence-corrected chi connectivity index (χ1v) is 9.98. The number of hydrogen-bond donors (Lipinski definition) is 0. The van der Waals surface area contributed by atoms with Crippen LogP contribution >= 0.6 is 0 Å². The van der Waals surface area contributed by atoms with Gasteiger partial charge in [0.25, 0.3) is 0 Å². The van der Waals surface area contributed by atoms with Gasteiger partial charge in [0.2, 0.25) is 5.91 Å².